The van der Waals surface area contributed by atoms with Crippen molar-refractivity contribution in [3.63, 3.8) is 0 Å². The topological polar surface area (TPSA) is 60.7 Å². The minimum atomic E-state index is -0.422. The second kappa shape index (κ2) is 7.69. The van der Waals surface area contributed by atoms with Crippen LogP contribution < -0.4 is 14.8 Å². The van der Waals surface area contributed by atoms with E-state index in [-0.39, 0.29) is 5.56 Å². The summed E-state index contributed by atoms with van der Waals surface area (Å²) in [7, 11) is 0. The molecule has 0 saturated carbocycles. The van der Waals surface area contributed by atoms with Gasteiger partial charge in [0.15, 0.2) is 4.96 Å². The van der Waals surface area contributed by atoms with Crippen molar-refractivity contribution in [3.05, 3.63) is 117 Å². The standard InChI is InChI=1S/C27H16N2O3S/c30-25-24(33-27-28-22-13-3-4-14-23(22)29(25)27)16-17-7-5-10-19(15-17)32-26(31)21-12-6-9-18-8-1-2-11-20(18)21/h1-16H/b24-16-. The molecule has 0 fully saturated rings. The summed E-state index contributed by atoms with van der Waals surface area (Å²) in [6.07, 6.45) is 1.80. The van der Waals surface area contributed by atoms with Gasteiger partial charge in [-0.15, -0.1) is 0 Å². The molecule has 0 spiro atoms. The van der Waals surface area contributed by atoms with Gasteiger partial charge in [-0.3, -0.25) is 4.79 Å². The van der Waals surface area contributed by atoms with E-state index in [1.165, 1.54) is 11.3 Å². The van der Waals surface area contributed by atoms with Crippen molar-refractivity contribution in [1.29, 1.82) is 0 Å². The molecule has 4 aromatic carbocycles. The van der Waals surface area contributed by atoms with Gasteiger partial charge in [0.2, 0.25) is 0 Å². The number of nitrogens with zero attached hydrogens (tertiary/aromatic N) is 2. The fourth-order valence-corrected chi connectivity index (χ4v) is 4.98. The smallest absolute Gasteiger partial charge is 0.344 e. The minimum Gasteiger partial charge on any atom is -0.423 e. The second-order valence-electron chi connectivity index (χ2n) is 7.62. The van der Waals surface area contributed by atoms with Crippen molar-refractivity contribution in [3.8, 4) is 5.75 Å². The fourth-order valence-electron chi connectivity index (χ4n) is 4.00. The maximum atomic E-state index is 13.0. The maximum absolute atomic E-state index is 13.0. The summed E-state index contributed by atoms with van der Waals surface area (Å²) in [4.78, 5) is 31.1. The lowest BCUT2D eigenvalue weighted by Gasteiger charge is -2.07. The Labute approximate surface area is 191 Å². The summed E-state index contributed by atoms with van der Waals surface area (Å²) in [6.45, 7) is 0. The summed E-state index contributed by atoms with van der Waals surface area (Å²) < 4.78 is 7.87. The number of rotatable bonds is 3. The van der Waals surface area contributed by atoms with Crippen LogP contribution >= 0.6 is 11.3 Å². The number of aromatic nitrogens is 2. The zero-order valence-electron chi connectivity index (χ0n) is 17.3. The quantitative estimate of drug-likeness (QED) is 0.287. The van der Waals surface area contributed by atoms with Crippen LogP contribution in [-0.4, -0.2) is 15.4 Å². The Bertz CT molecular complexity index is 1790. The molecule has 2 heterocycles. The lowest BCUT2D eigenvalue weighted by molar-refractivity contribution is 0.0737. The monoisotopic (exact) mass is 448 g/mol. The third-order valence-corrected chi connectivity index (χ3v) is 6.49. The normalized spacial score (nSPS) is 12.1. The molecule has 0 aliphatic rings. The zero-order chi connectivity index (χ0) is 22.4. The summed E-state index contributed by atoms with van der Waals surface area (Å²) in [6, 6.07) is 28.0. The highest BCUT2D eigenvalue weighted by Gasteiger charge is 2.13. The van der Waals surface area contributed by atoms with E-state index in [9.17, 15) is 9.59 Å². The molecule has 6 heteroatoms. The Kier molecular flexibility index (Phi) is 4.52. The molecule has 0 aliphatic carbocycles. The highest BCUT2D eigenvalue weighted by Crippen LogP contribution is 2.22. The predicted octanol–water partition coefficient (Wildman–Crippen LogP) is 4.83. The SMILES string of the molecule is O=C(Oc1cccc(/C=c2\sc3nc4ccccc4n3c2=O)c1)c1cccc2ccccc12. The molecular formula is C27H16N2O3S. The molecule has 5 nitrogen and oxygen atoms in total. The van der Waals surface area contributed by atoms with E-state index in [1.807, 2.05) is 66.7 Å². The first-order chi connectivity index (χ1) is 16.2. The summed E-state index contributed by atoms with van der Waals surface area (Å²) in [5.74, 6) is -0.00422. The van der Waals surface area contributed by atoms with Gasteiger partial charge in [-0.1, -0.05) is 72.0 Å². The Balaban J connectivity index is 1.35. The van der Waals surface area contributed by atoms with Crippen molar-refractivity contribution in [2.45, 2.75) is 0 Å². The van der Waals surface area contributed by atoms with Crippen molar-refractivity contribution in [2.24, 2.45) is 0 Å². The third-order valence-electron chi connectivity index (χ3n) is 5.52. The van der Waals surface area contributed by atoms with Gasteiger partial charge < -0.3 is 4.74 Å². The van der Waals surface area contributed by atoms with Gasteiger partial charge in [0.25, 0.3) is 5.56 Å². The van der Waals surface area contributed by atoms with Gasteiger partial charge >= 0.3 is 5.97 Å². The Morgan fingerprint density at radius 3 is 2.64 bits per heavy atom. The number of fused-ring (bicyclic) bond motifs is 4. The highest BCUT2D eigenvalue weighted by molar-refractivity contribution is 7.15. The Hall–Kier alpha value is -4.29. The number of carbonyl (C=O) groups is 1. The van der Waals surface area contributed by atoms with Gasteiger partial charge in [-0.05, 0) is 52.7 Å². The lowest BCUT2D eigenvalue weighted by atomic mass is 10.0. The lowest BCUT2D eigenvalue weighted by Crippen LogP contribution is -2.22. The second-order valence-corrected chi connectivity index (χ2v) is 8.63. The Morgan fingerprint density at radius 2 is 1.70 bits per heavy atom. The van der Waals surface area contributed by atoms with Crippen molar-refractivity contribution < 1.29 is 9.53 Å². The van der Waals surface area contributed by atoms with Crippen LogP contribution in [0.3, 0.4) is 0 Å². The molecule has 6 rings (SSSR count). The van der Waals surface area contributed by atoms with Crippen LogP contribution in [0.25, 0.3) is 32.8 Å². The van der Waals surface area contributed by atoms with E-state index in [4.69, 9.17) is 4.74 Å². The van der Waals surface area contributed by atoms with E-state index in [2.05, 4.69) is 4.98 Å². The molecule has 0 amide bonds. The van der Waals surface area contributed by atoms with E-state index in [0.29, 0.717) is 20.8 Å². The summed E-state index contributed by atoms with van der Waals surface area (Å²) in [5.41, 5.74) is 2.77. The molecule has 6 aromatic rings. The number of para-hydroxylation sites is 2. The number of hydrogen-bond acceptors (Lipinski definition) is 5. The molecule has 0 radical (unpaired) electrons. The number of imidazole rings is 1. The van der Waals surface area contributed by atoms with E-state index in [0.717, 1.165) is 27.4 Å². The minimum absolute atomic E-state index is 0.109. The number of thiazole rings is 1. The van der Waals surface area contributed by atoms with Gasteiger partial charge in [0, 0.05) is 0 Å². The van der Waals surface area contributed by atoms with Crippen LogP contribution in [0.4, 0.5) is 0 Å². The van der Waals surface area contributed by atoms with Crippen LogP contribution in [0.15, 0.2) is 95.8 Å². The van der Waals surface area contributed by atoms with Crippen molar-refractivity contribution in [1.82, 2.24) is 9.38 Å². The Morgan fingerprint density at radius 1 is 0.909 bits per heavy atom. The van der Waals surface area contributed by atoms with Crippen molar-refractivity contribution in [2.75, 3.05) is 0 Å². The largest absolute Gasteiger partial charge is 0.423 e. The average molecular weight is 449 g/mol. The fraction of sp³-hybridized carbons (Fsp3) is 0. The molecule has 0 aliphatic heterocycles. The molecule has 158 valence electrons. The first-order valence-electron chi connectivity index (χ1n) is 10.4. The molecule has 2 aromatic heterocycles. The van der Waals surface area contributed by atoms with Crippen LogP contribution in [-0.2, 0) is 0 Å². The number of benzene rings is 4. The van der Waals surface area contributed by atoms with Crippen LogP contribution in [0.1, 0.15) is 15.9 Å². The number of esters is 1. The van der Waals surface area contributed by atoms with Gasteiger partial charge in [0.05, 0.1) is 21.1 Å². The first kappa shape index (κ1) is 19.4. The molecule has 0 atom stereocenters. The van der Waals surface area contributed by atoms with Crippen LogP contribution in [0, 0.1) is 0 Å². The first-order valence-corrected chi connectivity index (χ1v) is 11.2. The van der Waals surface area contributed by atoms with Gasteiger partial charge in [-0.2, -0.15) is 0 Å². The molecule has 0 saturated heterocycles. The zero-order valence-corrected chi connectivity index (χ0v) is 18.1. The van der Waals surface area contributed by atoms with Crippen LogP contribution in [0.5, 0.6) is 5.75 Å². The number of hydrogen-bond donors (Lipinski definition) is 0. The van der Waals surface area contributed by atoms with Gasteiger partial charge in [-0.25, -0.2) is 14.2 Å². The molecule has 0 unspecified atom stereocenters. The third kappa shape index (κ3) is 3.37. The van der Waals surface area contributed by atoms with E-state index < -0.39 is 5.97 Å². The highest BCUT2D eigenvalue weighted by atomic mass is 32.1. The predicted molar refractivity (Wildman–Crippen MR) is 131 cm³/mol. The summed E-state index contributed by atoms with van der Waals surface area (Å²) in [5, 5.41) is 1.82. The summed E-state index contributed by atoms with van der Waals surface area (Å²) >= 11 is 1.34. The van der Waals surface area contributed by atoms with Gasteiger partial charge in [0.1, 0.15) is 5.75 Å². The number of ether oxygens (including phenoxy) is 1. The maximum Gasteiger partial charge on any atom is 0.344 e. The molecule has 0 N–H and O–H groups in total. The average Bonchev–Trinajstić information content (AvgIpc) is 3.35. The number of carbonyl (C=O) groups excluding carboxylic acids is 1. The molecular weight excluding hydrogens is 432 g/mol. The van der Waals surface area contributed by atoms with Crippen LogP contribution in [0.2, 0.25) is 0 Å². The molecule has 33 heavy (non-hydrogen) atoms. The van der Waals surface area contributed by atoms with Crippen molar-refractivity contribution >= 4 is 50.1 Å². The molecule has 0 bridgehead atoms. The van der Waals surface area contributed by atoms with E-state index in [1.54, 1.807) is 34.7 Å². The van der Waals surface area contributed by atoms with E-state index >= 15 is 0 Å².